The molecule has 0 fully saturated rings. The number of imidazole rings is 1. The second-order valence-electron chi connectivity index (χ2n) is 4.14. The van der Waals surface area contributed by atoms with Crippen molar-refractivity contribution in [3.63, 3.8) is 0 Å². The molecule has 0 saturated heterocycles. The third kappa shape index (κ3) is 2.22. The number of halogens is 1. The van der Waals surface area contributed by atoms with Gasteiger partial charge in [0.15, 0.2) is 0 Å². The van der Waals surface area contributed by atoms with E-state index in [0.717, 1.165) is 5.56 Å². The molecule has 2 aromatic heterocycles. The number of nitrogens with one attached hydrogen (secondary N) is 1. The van der Waals surface area contributed by atoms with E-state index in [9.17, 15) is 4.39 Å². The van der Waals surface area contributed by atoms with Crippen molar-refractivity contribution in [1.29, 1.82) is 0 Å². The number of H-pyrrole nitrogens is 1. The molecule has 1 aromatic carbocycles. The Bertz CT molecular complexity index is 703. The summed E-state index contributed by atoms with van der Waals surface area (Å²) in [7, 11) is 0. The molecule has 0 aliphatic rings. The zero-order valence-electron chi connectivity index (χ0n) is 10.3. The Morgan fingerprint density at radius 3 is 2.47 bits per heavy atom. The number of nitrogens with zero attached hydrogens (tertiary/aromatic N) is 3. The van der Waals surface area contributed by atoms with Gasteiger partial charge in [0.25, 0.3) is 0 Å². The molecule has 2 heterocycles. The van der Waals surface area contributed by atoms with Gasteiger partial charge in [0.05, 0.1) is 17.5 Å². The molecule has 3 aromatic rings. The minimum atomic E-state index is -0.280. The Hall–Kier alpha value is -2.56. The highest BCUT2D eigenvalue weighted by Gasteiger charge is 2.09. The van der Waals surface area contributed by atoms with E-state index in [0.29, 0.717) is 22.9 Å². The summed E-state index contributed by atoms with van der Waals surface area (Å²) in [6.45, 7) is 1.82. The normalized spacial score (nSPS) is 10.6. The smallest absolute Gasteiger partial charge is 0.140 e. The molecule has 0 aliphatic carbocycles. The van der Waals surface area contributed by atoms with Gasteiger partial charge in [-0.05, 0) is 19.1 Å². The summed E-state index contributed by atoms with van der Waals surface area (Å²) in [5.74, 6) is 1.04. The highest BCUT2D eigenvalue weighted by atomic mass is 19.1. The summed E-state index contributed by atoms with van der Waals surface area (Å²) in [6, 6.07) is 6.57. The largest absolute Gasteiger partial charge is 0.338 e. The SMILES string of the molecule is Cc1ncc(-c2ncc(-c3ccccc3F)[nH]2)cn1. The van der Waals surface area contributed by atoms with Gasteiger partial charge in [-0.15, -0.1) is 0 Å². The van der Waals surface area contributed by atoms with Crippen LogP contribution >= 0.6 is 0 Å². The van der Waals surface area contributed by atoms with Gasteiger partial charge in [-0.2, -0.15) is 0 Å². The van der Waals surface area contributed by atoms with Gasteiger partial charge in [0, 0.05) is 18.0 Å². The lowest BCUT2D eigenvalue weighted by Crippen LogP contribution is -1.89. The van der Waals surface area contributed by atoms with E-state index < -0.39 is 0 Å². The van der Waals surface area contributed by atoms with E-state index in [1.54, 1.807) is 36.8 Å². The second-order valence-corrected chi connectivity index (χ2v) is 4.14. The number of hydrogen-bond donors (Lipinski definition) is 1. The van der Waals surface area contributed by atoms with Crippen LogP contribution in [0.4, 0.5) is 4.39 Å². The average Bonchev–Trinajstić information content (AvgIpc) is 2.89. The molecule has 0 unspecified atom stereocenters. The Morgan fingerprint density at radius 2 is 1.74 bits per heavy atom. The summed E-state index contributed by atoms with van der Waals surface area (Å²) >= 11 is 0. The fraction of sp³-hybridized carbons (Fsp3) is 0.0714. The van der Waals surface area contributed by atoms with Crippen LogP contribution in [-0.4, -0.2) is 19.9 Å². The standard InChI is InChI=1S/C14H11FN4/c1-9-16-6-10(7-17-9)14-18-8-13(19-14)11-4-2-3-5-12(11)15/h2-8H,1H3,(H,18,19). The average molecular weight is 254 g/mol. The first kappa shape index (κ1) is 11.5. The lowest BCUT2D eigenvalue weighted by Gasteiger charge is -1.99. The van der Waals surface area contributed by atoms with Gasteiger partial charge in [-0.3, -0.25) is 0 Å². The molecule has 0 saturated carbocycles. The monoisotopic (exact) mass is 254 g/mol. The molecule has 0 atom stereocenters. The molecule has 4 nitrogen and oxygen atoms in total. The van der Waals surface area contributed by atoms with Gasteiger partial charge in [-0.25, -0.2) is 19.3 Å². The first-order valence-electron chi connectivity index (χ1n) is 5.83. The van der Waals surface area contributed by atoms with Crippen LogP contribution in [0.1, 0.15) is 5.82 Å². The topological polar surface area (TPSA) is 54.5 Å². The molecule has 0 radical (unpaired) electrons. The maximum Gasteiger partial charge on any atom is 0.140 e. The van der Waals surface area contributed by atoms with E-state index in [-0.39, 0.29) is 5.82 Å². The lowest BCUT2D eigenvalue weighted by molar-refractivity contribution is 0.631. The van der Waals surface area contributed by atoms with E-state index in [2.05, 4.69) is 19.9 Å². The van der Waals surface area contributed by atoms with Crippen molar-refractivity contribution < 1.29 is 4.39 Å². The molecular weight excluding hydrogens is 243 g/mol. The number of hydrogen-bond acceptors (Lipinski definition) is 3. The van der Waals surface area contributed by atoms with Crippen LogP contribution in [-0.2, 0) is 0 Å². The maximum atomic E-state index is 13.7. The predicted octanol–water partition coefficient (Wildman–Crippen LogP) is 2.98. The highest BCUT2D eigenvalue weighted by molar-refractivity contribution is 5.63. The van der Waals surface area contributed by atoms with Crippen LogP contribution in [0.5, 0.6) is 0 Å². The minimum Gasteiger partial charge on any atom is -0.338 e. The highest BCUT2D eigenvalue weighted by Crippen LogP contribution is 2.23. The number of rotatable bonds is 2. The van der Waals surface area contributed by atoms with Crippen molar-refractivity contribution in [2.45, 2.75) is 6.92 Å². The Labute approximate surface area is 109 Å². The number of aromatic amines is 1. The van der Waals surface area contributed by atoms with E-state index in [4.69, 9.17) is 0 Å². The number of benzene rings is 1. The molecule has 94 valence electrons. The lowest BCUT2D eigenvalue weighted by atomic mass is 10.1. The van der Waals surface area contributed by atoms with Gasteiger partial charge >= 0.3 is 0 Å². The summed E-state index contributed by atoms with van der Waals surface area (Å²) in [6.07, 6.45) is 4.98. The van der Waals surface area contributed by atoms with E-state index in [1.165, 1.54) is 6.07 Å². The molecule has 5 heteroatoms. The van der Waals surface area contributed by atoms with Gasteiger partial charge in [0.1, 0.15) is 17.5 Å². The van der Waals surface area contributed by atoms with Crippen LogP contribution in [0, 0.1) is 12.7 Å². The first-order valence-corrected chi connectivity index (χ1v) is 5.83. The number of aromatic nitrogens is 4. The summed E-state index contributed by atoms with van der Waals surface area (Å²) < 4.78 is 13.7. The van der Waals surface area contributed by atoms with Crippen molar-refractivity contribution in [3.05, 3.63) is 54.5 Å². The molecule has 1 N–H and O–H groups in total. The molecule has 0 amide bonds. The molecule has 0 bridgehead atoms. The Morgan fingerprint density at radius 1 is 1.00 bits per heavy atom. The maximum absolute atomic E-state index is 13.7. The zero-order valence-corrected chi connectivity index (χ0v) is 10.3. The Balaban J connectivity index is 2.00. The second kappa shape index (κ2) is 4.61. The summed E-state index contributed by atoms with van der Waals surface area (Å²) in [4.78, 5) is 15.5. The summed E-state index contributed by atoms with van der Waals surface area (Å²) in [5, 5.41) is 0. The van der Waals surface area contributed by atoms with Crippen molar-refractivity contribution in [2.24, 2.45) is 0 Å². The third-order valence-corrected chi connectivity index (χ3v) is 2.79. The van der Waals surface area contributed by atoms with Crippen molar-refractivity contribution in [1.82, 2.24) is 19.9 Å². The van der Waals surface area contributed by atoms with Crippen LogP contribution in [0.2, 0.25) is 0 Å². The van der Waals surface area contributed by atoms with Crippen molar-refractivity contribution in [2.75, 3.05) is 0 Å². The van der Waals surface area contributed by atoms with Crippen LogP contribution in [0.25, 0.3) is 22.6 Å². The zero-order chi connectivity index (χ0) is 13.2. The Kier molecular flexibility index (Phi) is 2.79. The van der Waals surface area contributed by atoms with Crippen LogP contribution in [0.15, 0.2) is 42.9 Å². The number of aryl methyl sites for hydroxylation is 1. The van der Waals surface area contributed by atoms with Gasteiger partial charge in [0.2, 0.25) is 0 Å². The molecule has 3 rings (SSSR count). The molecule has 0 spiro atoms. The first-order chi connectivity index (χ1) is 9.24. The van der Waals surface area contributed by atoms with Crippen molar-refractivity contribution in [3.8, 4) is 22.6 Å². The third-order valence-electron chi connectivity index (χ3n) is 2.79. The van der Waals surface area contributed by atoms with Gasteiger partial charge < -0.3 is 4.98 Å². The minimum absolute atomic E-state index is 0.280. The van der Waals surface area contributed by atoms with Crippen LogP contribution < -0.4 is 0 Å². The van der Waals surface area contributed by atoms with Crippen molar-refractivity contribution >= 4 is 0 Å². The molecule has 19 heavy (non-hydrogen) atoms. The van der Waals surface area contributed by atoms with Gasteiger partial charge in [-0.1, -0.05) is 12.1 Å². The fourth-order valence-electron chi connectivity index (χ4n) is 1.80. The summed E-state index contributed by atoms with van der Waals surface area (Å²) in [5.41, 5.74) is 1.90. The molecular formula is C14H11FN4. The predicted molar refractivity (Wildman–Crippen MR) is 69.7 cm³/mol. The quantitative estimate of drug-likeness (QED) is 0.764. The fourth-order valence-corrected chi connectivity index (χ4v) is 1.80. The van der Waals surface area contributed by atoms with Crippen LogP contribution in [0.3, 0.4) is 0 Å². The van der Waals surface area contributed by atoms with E-state index in [1.807, 2.05) is 6.92 Å². The van der Waals surface area contributed by atoms with E-state index >= 15 is 0 Å². The molecule has 0 aliphatic heterocycles.